The number of hydrogen-bond donors (Lipinski definition) is 2. The lowest BCUT2D eigenvalue weighted by atomic mass is 10.1. The number of nitrogens with zero attached hydrogens (tertiary/aromatic N) is 3. The van der Waals surface area contributed by atoms with Gasteiger partial charge in [0.2, 0.25) is 17.7 Å². The second-order valence-corrected chi connectivity index (χ2v) is 7.50. The third-order valence-electron chi connectivity index (χ3n) is 5.18. The third kappa shape index (κ3) is 4.80. The van der Waals surface area contributed by atoms with Crippen molar-refractivity contribution in [2.24, 2.45) is 5.92 Å². The highest BCUT2D eigenvalue weighted by molar-refractivity contribution is 6.01. The van der Waals surface area contributed by atoms with E-state index in [4.69, 9.17) is 0 Å². The van der Waals surface area contributed by atoms with E-state index in [1.807, 2.05) is 55.6 Å². The van der Waals surface area contributed by atoms with E-state index in [-0.39, 0.29) is 30.7 Å². The molecule has 2 N–H and O–H groups in total. The number of carbonyl (C=O) groups excluding carboxylic acids is 3. The van der Waals surface area contributed by atoms with Crippen LogP contribution in [0.5, 0.6) is 0 Å². The van der Waals surface area contributed by atoms with Gasteiger partial charge in [0, 0.05) is 36.7 Å². The fraction of sp³-hybridized carbons (Fsp3) is 0.217. The van der Waals surface area contributed by atoms with Gasteiger partial charge in [-0.25, -0.2) is 4.68 Å². The predicted octanol–water partition coefficient (Wildman–Crippen LogP) is 2.29. The van der Waals surface area contributed by atoms with Crippen molar-refractivity contribution in [1.29, 1.82) is 0 Å². The molecule has 1 unspecified atom stereocenters. The van der Waals surface area contributed by atoms with Crippen LogP contribution in [0.3, 0.4) is 0 Å². The highest BCUT2D eigenvalue weighted by Crippen LogP contribution is 2.25. The Morgan fingerprint density at radius 3 is 2.45 bits per heavy atom. The summed E-state index contributed by atoms with van der Waals surface area (Å²) in [5.41, 5.74) is 3.38. The molecule has 0 saturated carbocycles. The molecule has 1 aliphatic heterocycles. The summed E-state index contributed by atoms with van der Waals surface area (Å²) in [7, 11) is 0. The van der Waals surface area contributed by atoms with E-state index in [1.54, 1.807) is 27.9 Å². The predicted molar refractivity (Wildman–Crippen MR) is 117 cm³/mol. The normalized spacial score (nSPS) is 15.7. The molecule has 3 aromatic rings. The van der Waals surface area contributed by atoms with E-state index in [0.29, 0.717) is 12.2 Å². The number of carbonyl (C=O) groups is 3. The highest BCUT2D eigenvalue weighted by Gasteiger charge is 2.35. The van der Waals surface area contributed by atoms with Crippen molar-refractivity contribution in [3.8, 4) is 5.69 Å². The Balaban J connectivity index is 1.27. The Hall–Kier alpha value is -3.94. The zero-order valence-corrected chi connectivity index (χ0v) is 17.1. The molecule has 3 amide bonds. The molecule has 0 bridgehead atoms. The van der Waals surface area contributed by atoms with Crippen LogP contribution in [-0.2, 0) is 14.4 Å². The van der Waals surface area contributed by atoms with Gasteiger partial charge in [-0.1, -0.05) is 17.7 Å². The first kappa shape index (κ1) is 20.3. The number of hydrogen-bond acceptors (Lipinski definition) is 4. The average molecular weight is 417 g/mol. The summed E-state index contributed by atoms with van der Waals surface area (Å²) >= 11 is 0. The topological polar surface area (TPSA) is 96.3 Å². The Bertz CT molecular complexity index is 1080. The van der Waals surface area contributed by atoms with E-state index in [0.717, 1.165) is 16.9 Å². The average Bonchev–Trinajstić information content (AvgIpc) is 3.43. The molecule has 8 nitrogen and oxygen atoms in total. The molecule has 1 aliphatic rings. The summed E-state index contributed by atoms with van der Waals surface area (Å²) in [6, 6.07) is 16.7. The number of amides is 3. The van der Waals surface area contributed by atoms with Crippen molar-refractivity contribution in [2.45, 2.75) is 13.3 Å². The molecule has 158 valence electrons. The maximum Gasteiger partial charge on any atom is 0.243 e. The second kappa shape index (κ2) is 8.83. The lowest BCUT2D eigenvalue weighted by Crippen LogP contribution is -2.37. The van der Waals surface area contributed by atoms with Crippen molar-refractivity contribution in [2.75, 3.05) is 23.3 Å². The second-order valence-electron chi connectivity index (χ2n) is 7.50. The summed E-state index contributed by atoms with van der Waals surface area (Å²) in [5.74, 6) is -1.20. The molecule has 2 aromatic carbocycles. The first-order valence-corrected chi connectivity index (χ1v) is 10.0. The first-order valence-electron chi connectivity index (χ1n) is 10.0. The zero-order valence-electron chi connectivity index (χ0n) is 17.1. The Kier molecular flexibility index (Phi) is 5.79. The Morgan fingerprint density at radius 2 is 1.77 bits per heavy atom. The third-order valence-corrected chi connectivity index (χ3v) is 5.18. The van der Waals surface area contributed by atoms with E-state index in [2.05, 4.69) is 15.7 Å². The van der Waals surface area contributed by atoms with E-state index in [1.165, 1.54) is 0 Å². The van der Waals surface area contributed by atoms with Crippen LogP contribution in [0.2, 0.25) is 0 Å². The molecule has 0 aliphatic carbocycles. The highest BCUT2D eigenvalue weighted by atomic mass is 16.2. The largest absolute Gasteiger partial charge is 0.347 e. The quantitative estimate of drug-likeness (QED) is 0.643. The molecular weight excluding hydrogens is 394 g/mol. The standard InChI is InChI=1S/C23H23N5O3/c1-16-3-7-19(8-4-16)27-15-17(13-22(27)30)23(31)24-14-21(29)26-18-5-9-20(10-6-18)28-12-2-11-25-28/h2-12,17H,13-15H2,1H3,(H,24,31)(H,26,29). The molecule has 8 heteroatoms. The van der Waals surface area contributed by atoms with Crippen LogP contribution in [-0.4, -0.2) is 40.6 Å². The molecule has 0 spiro atoms. The smallest absolute Gasteiger partial charge is 0.243 e. The summed E-state index contributed by atoms with van der Waals surface area (Å²) in [6.07, 6.45) is 3.66. The van der Waals surface area contributed by atoms with Crippen LogP contribution in [0.1, 0.15) is 12.0 Å². The van der Waals surface area contributed by atoms with Gasteiger partial charge in [-0.3, -0.25) is 14.4 Å². The molecule has 1 saturated heterocycles. The van der Waals surface area contributed by atoms with Crippen LogP contribution < -0.4 is 15.5 Å². The van der Waals surface area contributed by atoms with Crippen molar-refractivity contribution in [1.82, 2.24) is 15.1 Å². The van der Waals surface area contributed by atoms with Crippen molar-refractivity contribution in [3.63, 3.8) is 0 Å². The van der Waals surface area contributed by atoms with Gasteiger partial charge in [0.15, 0.2) is 0 Å². The number of rotatable bonds is 6. The summed E-state index contributed by atoms with van der Waals surface area (Å²) in [6.45, 7) is 2.13. The van der Waals surface area contributed by atoms with E-state index < -0.39 is 5.92 Å². The molecule has 1 atom stereocenters. The van der Waals surface area contributed by atoms with E-state index >= 15 is 0 Å². The van der Waals surface area contributed by atoms with Crippen LogP contribution in [0.15, 0.2) is 67.0 Å². The minimum Gasteiger partial charge on any atom is -0.347 e. The van der Waals surface area contributed by atoms with Gasteiger partial charge in [-0.2, -0.15) is 5.10 Å². The molecule has 1 aromatic heterocycles. The van der Waals surface area contributed by atoms with Crippen molar-refractivity contribution < 1.29 is 14.4 Å². The van der Waals surface area contributed by atoms with Crippen molar-refractivity contribution >= 4 is 29.1 Å². The molecule has 31 heavy (non-hydrogen) atoms. The summed E-state index contributed by atoms with van der Waals surface area (Å²) < 4.78 is 1.72. The van der Waals surface area contributed by atoms with Gasteiger partial charge < -0.3 is 15.5 Å². The number of aryl methyl sites for hydroxylation is 1. The van der Waals surface area contributed by atoms with Gasteiger partial charge in [-0.15, -0.1) is 0 Å². The monoisotopic (exact) mass is 417 g/mol. The number of benzene rings is 2. The van der Waals surface area contributed by atoms with Gasteiger partial charge in [0.25, 0.3) is 0 Å². The molecular formula is C23H23N5O3. The minimum atomic E-state index is -0.477. The fourth-order valence-electron chi connectivity index (χ4n) is 3.49. The molecule has 1 fully saturated rings. The fourth-order valence-corrected chi connectivity index (χ4v) is 3.49. The van der Waals surface area contributed by atoms with Crippen LogP contribution >= 0.6 is 0 Å². The zero-order chi connectivity index (χ0) is 21.8. The molecule has 4 rings (SSSR count). The molecule has 0 radical (unpaired) electrons. The molecule has 2 heterocycles. The van der Waals surface area contributed by atoms with Gasteiger partial charge >= 0.3 is 0 Å². The summed E-state index contributed by atoms with van der Waals surface area (Å²) in [5, 5.41) is 9.54. The van der Waals surface area contributed by atoms with Crippen LogP contribution in [0.25, 0.3) is 5.69 Å². The van der Waals surface area contributed by atoms with Gasteiger partial charge in [-0.05, 0) is 49.4 Å². The maximum atomic E-state index is 12.5. The Morgan fingerprint density at radius 1 is 1.06 bits per heavy atom. The number of aromatic nitrogens is 2. The van der Waals surface area contributed by atoms with Crippen molar-refractivity contribution in [3.05, 3.63) is 72.6 Å². The summed E-state index contributed by atoms with van der Waals surface area (Å²) in [4.78, 5) is 38.6. The Labute approximate surface area is 179 Å². The lowest BCUT2D eigenvalue weighted by Gasteiger charge is -2.17. The number of anilines is 2. The maximum absolute atomic E-state index is 12.5. The van der Waals surface area contributed by atoms with Gasteiger partial charge in [0.1, 0.15) is 0 Å². The lowest BCUT2D eigenvalue weighted by molar-refractivity contribution is -0.127. The number of nitrogens with one attached hydrogen (secondary N) is 2. The van der Waals surface area contributed by atoms with Crippen LogP contribution in [0.4, 0.5) is 11.4 Å². The van der Waals surface area contributed by atoms with Crippen LogP contribution in [0, 0.1) is 12.8 Å². The SMILES string of the molecule is Cc1ccc(N2CC(C(=O)NCC(=O)Nc3ccc(-n4cccn4)cc3)CC2=O)cc1. The van der Waals surface area contributed by atoms with Gasteiger partial charge in [0.05, 0.1) is 18.2 Å². The first-order chi connectivity index (χ1) is 15.0. The minimum absolute atomic E-state index is 0.0919. The van der Waals surface area contributed by atoms with E-state index in [9.17, 15) is 14.4 Å².